The van der Waals surface area contributed by atoms with Crippen LogP contribution < -0.4 is 0 Å². The quantitative estimate of drug-likeness (QED) is 0.800. The first kappa shape index (κ1) is 15.7. The molecule has 0 unspecified atom stereocenters. The topological polar surface area (TPSA) is 71.2 Å². The van der Waals surface area contributed by atoms with E-state index >= 15 is 0 Å². The van der Waals surface area contributed by atoms with Gasteiger partial charge in [0, 0.05) is 44.0 Å². The second-order valence-corrected chi connectivity index (χ2v) is 7.06. The summed E-state index contributed by atoms with van der Waals surface area (Å²) in [5.41, 5.74) is 2.00. The SMILES string of the molecule is Cc1cnc(CN2CC[C@H](N(C)Cc3noc(C4CC4)n3)C2)cn1. The third-order valence-corrected chi connectivity index (χ3v) is 4.89. The van der Waals surface area contributed by atoms with Gasteiger partial charge in [-0.25, -0.2) is 0 Å². The third kappa shape index (κ3) is 3.62. The van der Waals surface area contributed by atoms with E-state index in [-0.39, 0.29) is 0 Å². The first-order chi connectivity index (χ1) is 11.7. The second-order valence-electron chi connectivity index (χ2n) is 7.06. The number of nitrogens with zero attached hydrogens (tertiary/aromatic N) is 6. The monoisotopic (exact) mass is 328 g/mol. The number of aromatic nitrogens is 4. The molecule has 128 valence electrons. The molecule has 1 aliphatic heterocycles. The summed E-state index contributed by atoms with van der Waals surface area (Å²) in [5.74, 6) is 2.15. The number of likely N-dealkylation sites (N-methyl/N-ethyl adjacent to an activating group) is 1. The number of hydrogen-bond donors (Lipinski definition) is 0. The van der Waals surface area contributed by atoms with Gasteiger partial charge in [0.25, 0.3) is 0 Å². The Morgan fingerprint density at radius 2 is 2.12 bits per heavy atom. The van der Waals surface area contributed by atoms with E-state index in [1.807, 2.05) is 19.3 Å². The van der Waals surface area contributed by atoms with Crippen LogP contribution in [-0.2, 0) is 13.1 Å². The highest BCUT2D eigenvalue weighted by atomic mass is 16.5. The maximum Gasteiger partial charge on any atom is 0.229 e. The van der Waals surface area contributed by atoms with Gasteiger partial charge in [0.15, 0.2) is 5.82 Å². The number of aryl methyl sites for hydroxylation is 1. The first-order valence-corrected chi connectivity index (χ1v) is 8.70. The molecule has 3 heterocycles. The van der Waals surface area contributed by atoms with Crippen LogP contribution in [0.25, 0.3) is 0 Å². The van der Waals surface area contributed by atoms with Crippen LogP contribution in [0.4, 0.5) is 0 Å². The summed E-state index contributed by atoms with van der Waals surface area (Å²) in [6.07, 6.45) is 7.25. The van der Waals surface area contributed by atoms with Crippen molar-refractivity contribution in [3.05, 3.63) is 35.5 Å². The molecule has 24 heavy (non-hydrogen) atoms. The molecular weight excluding hydrogens is 304 g/mol. The number of hydrogen-bond acceptors (Lipinski definition) is 7. The molecule has 0 aromatic carbocycles. The molecule has 2 aromatic rings. The summed E-state index contributed by atoms with van der Waals surface area (Å²) in [7, 11) is 2.15. The summed E-state index contributed by atoms with van der Waals surface area (Å²) < 4.78 is 5.35. The van der Waals surface area contributed by atoms with Gasteiger partial charge in [-0.05, 0) is 33.2 Å². The van der Waals surface area contributed by atoms with Crippen LogP contribution >= 0.6 is 0 Å². The highest BCUT2D eigenvalue weighted by Gasteiger charge is 2.31. The fraction of sp³-hybridized carbons (Fsp3) is 0.647. The van der Waals surface area contributed by atoms with E-state index in [0.717, 1.165) is 55.7 Å². The smallest absolute Gasteiger partial charge is 0.229 e. The van der Waals surface area contributed by atoms with Crippen LogP contribution in [0.3, 0.4) is 0 Å². The standard InChI is InChI=1S/C17H24N6O/c1-12-7-19-14(8-18-12)9-23-6-5-15(10-23)22(2)11-16-20-17(24-21-16)13-3-4-13/h7-8,13,15H,3-6,9-11H2,1-2H3/t15-/m0/s1. The number of rotatable bonds is 6. The lowest BCUT2D eigenvalue weighted by atomic mass is 10.2. The minimum Gasteiger partial charge on any atom is -0.339 e. The lowest BCUT2D eigenvalue weighted by Gasteiger charge is -2.23. The van der Waals surface area contributed by atoms with Gasteiger partial charge in [0.05, 0.1) is 17.9 Å². The zero-order valence-electron chi connectivity index (χ0n) is 14.4. The Hall–Kier alpha value is -1.86. The third-order valence-electron chi connectivity index (χ3n) is 4.89. The molecule has 0 spiro atoms. The summed E-state index contributed by atoms with van der Waals surface area (Å²) >= 11 is 0. The predicted molar refractivity (Wildman–Crippen MR) is 88.2 cm³/mol. The lowest BCUT2D eigenvalue weighted by Crippen LogP contribution is -2.34. The van der Waals surface area contributed by atoms with Gasteiger partial charge in [-0.3, -0.25) is 19.8 Å². The van der Waals surface area contributed by atoms with Gasteiger partial charge in [-0.2, -0.15) is 4.98 Å². The average Bonchev–Trinajstić information content (AvgIpc) is 3.14. The van der Waals surface area contributed by atoms with Crippen molar-refractivity contribution in [2.75, 3.05) is 20.1 Å². The summed E-state index contributed by atoms with van der Waals surface area (Å²) in [5, 5.41) is 4.12. The van der Waals surface area contributed by atoms with Crippen LogP contribution in [0.15, 0.2) is 16.9 Å². The molecule has 0 amide bonds. The molecule has 2 aromatic heterocycles. The molecule has 0 radical (unpaired) electrons. The molecular formula is C17H24N6O. The van der Waals surface area contributed by atoms with Crippen LogP contribution in [-0.4, -0.2) is 56.1 Å². The Labute approximate surface area is 142 Å². The van der Waals surface area contributed by atoms with Crippen molar-refractivity contribution in [2.24, 2.45) is 0 Å². The summed E-state index contributed by atoms with van der Waals surface area (Å²) in [4.78, 5) is 18.1. The van der Waals surface area contributed by atoms with Gasteiger partial charge in [-0.1, -0.05) is 5.16 Å². The molecule has 1 saturated carbocycles. The lowest BCUT2D eigenvalue weighted by molar-refractivity contribution is 0.215. The second kappa shape index (κ2) is 6.57. The minimum absolute atomic E-state index is 0.520. The highest BCUT2D eigenvalue weighted by Crippen LogP contribution is 2.38. The van der Waals surface area contributed by atoms with Gasteiger partial charge >= 0.3 is 0 Å². The molecule has 2 fully saturated rings. The fourth-order valence-electron chi connectivity index (χ4n) is 3.23. The maximum atomic E-state index is 5.35. The predicted octanol–water partition coefficient (Wildman–Crippen LogP) is 1.75. The normalized spacial score (nSPS) is 21.7. The number of likely N-dealkylation sites (tertiary alicyclic amines) is 1. The van der Waals surface area contributed by atoms with Crippen molar-refractivity contribution < 1.29 is 4.52 Å². The fourth-order valence-corrected chi connectivity index (χ4v) is 3.23. The van der Waals surface area contributed by atoms with E-state index in [1.54, 1.807) is 0 Å². The van der Waals surface area contributed by atoms with Crippen molar-refractivity contribution >= 4 is 0 Å². The Morgan fingerprint density at radius 1 is 1.25 bits per heavy atom. The molecule has 7 heteroatoms. The van der Waals surface area contributed by atoms with E-state index in [4.69, 9.17) is 4.52 Å². The highest BCUT2D eigenvalue weighted by molar-refractivity contribution is 5.03. The molecule has 7 nitrogen and oxygen atoms in total. The van der Waals surface area contributed by atoms with Crippen molar-refractivity contribution in [2.45, 2.75) is 51.2 Å². The van der Waals surface area contributed by atoms with Gasteiger partial charge in [0.1, 0.15) is 0 Å². The van der Waals surface area contributed by atoms with Crippen LogP contribution in [0.1, 0.15) is 48.3 Å². The van der Waals surface area contributed by atoms with E-state index < -0.39 is 0 Å². The van der Waals surface area contributed by atoms with Gasteiger partial charge < -0.3 is 4.52 Å². The molecule has 2 aliphatic rings. The summed E-state index contributed by atoms with van der Waals surface area (Å²) in [6, 6.07) is 0.520. The van der Waals surface area contributed by atoms with Gasteiger partial charge in [-0.15, -0.1) is 0 Å². The Balaban J connectivity index is 1.29. The zero-order chi connectivity index (χ0) is 16.5. The van der Waals surface area contributed by atoms with E-state index in [0.29, 0.717) is 12.0 Å². The molecule has 4 rings (SSSR count). The maximum absolute atomic E-state index is 5.35. The molecule has 1 aliphatic carbocycles. The van der Waals surface area contributed by atoms with Crippen molar-refractivity contribution in [1.82, 2.24) is 29.9 Å². The summed E-state index contributed by atoms with van der Waals surface area (Å²) in [6.45, 7) is 5.71. The Kier molecular flexibility index (Phi) is 4.28. The van der Waals surface area contributed by atoms with E-state index in [1.165, 1.54) is 12.8 Å². The van der Waals surface area contributed by atoms with Crippen molar-refractivity contribution in [3.63, 3.8) is 0 Å². The van der Waals surface area contributed by atoms with Crippen molar-refractivity contribution in [3.8, 4) is 0 Å². The van der Waals surface area contributed by atoms with Crippen LogP contribution in [0, 0.1) is 6.92 Å². The zero-order valence-corrected chi connectivity index (χ0v) is 14.4. The van der Waals surface area contributed by atoms with Crippen LogP contribution in [0.5, 0.6) is 0 Å². The molecule has 0 N–H and O–H groups in total. The minimum atomic E-state index is 0.520. The van der Waals surface area contributed by atoms with E-state index in [9.17, 15) is 0 Å². The Morgan fingerprint density at radius 3 is 2.88 bits per heavy atom. The Bertz CT molecular complexity index is 681. The van der Waals surface area contributed by atoms with Crippen molar-refractivity contribution in [1.29, 1.82) is 0 Å². The van der Waals surface area contributed by atoms with Gasteiger partial charge in [0.2, 0.25) is 5.89 Å². The van der Waals surface area contributed by atoms with Crippen LogP contribution in [0.2, 0.25) is 0 Å². The molecule has 0 bridgehead atoms. The average molecular weight is 328 g/mol. The largest absolute Gasteiger partial charge is 0.339 e. The molecule has 1 saturated heterocycles. The first-order valence-electron chi connectivity index (χ1n) is 8.70. The van der Waals surface area contributed by atoms with E-state index in [2.05, 4.69) is 37.0 Å². The molecule has 1 atom stereocenters.